The molecule has 41 heteroatoms. The van der Waals surface area contributed by atoms with Crippen molar-refractivity contribution in [2.75, 3.05) is 0 Å². The minimum atomic E-state index is -2.92. The van der Waals surface area contributed by atoms with Crippen molar-refractivity contribution < 1.29 is 165 Å². The first-order chi connectivity index (χ1) is 17.3. The minimum Gasteiger partial charge on any atom is -0.907 e. The van der Waals surface area contributed by atoms with E-state index in [-0.39, 0.29) is 43.8 Å². The van der Waals surface area contributed by atoms with E-state index in [0.717, 1.165) is 0 Å². The van der Waals surface area contributed by atoms with Crippen LogP contribution in [0.1, 0.15) is 14.3 Å². The molecule has 0 aliphatic rings. The Labute approximate surface area is 268 Å². The van der Waals surface area contributed by atoms with Gasteiger partial charge >= 0.3 is 43.8 Å². The van der Waals surface area contributed by atoms with Gasteiger partial charge in [-0.05, 0) is 0 Å². The second kappa shape index (κ2) is 67.9. The second-order valence-electron chi connectivity index (χ2n) is 2.89. The molecule has 0 aromatic rings. The molecule has 30 nitrogen and oxygen atoms in total. The molecule has 0 amide bonds. The van der Waals surface area contributed by atoms with E-state index in [9.17, 15) is 0 Å². The van der Waals surface area contributed by atoms with E-state index in [4.69, 9.17) is 151 Å². The SMILES string of the molecule is [H+].[H+].[H+].[H+].[H+].[H+].[H+].[H+].[H+].[H+].[NaH].[O-]B([O-])[O-].[O-]B([O-])[O-].[O-]B([O-])[O-].[O-]B([O-])[O-].[O-]B([O-])[O-].[O-]B([O-])[O-].[O-]B([O-])[O-].[O-]B([O-])[O-].[O-]B([O-])[O-].[O-]B([O-])[O-]. The summed E-state index contributed by atoms with van der Waals surface area (Å²) >= 11 is 0. The fourth-order valence-electron chi connectivity index (χ4n) is 0. The van der Waals surface area contributed by atoms with Crippen molar-refractivity contribution in [3.63, 3.8) is 0 Å². The Hall–Kier alpha value is 0.449. The molecule has 0 atom stereocenters. The van der Waals surface area contributed by atoms with Crippen molar-refractivity contribution in [1.82, 2.24) is 0 Å². The molecule has 0 bridgehead atoms. The van der Waals surface area contributed by atoms with Crippen molar-refractivity contribution in [3.05, 3.63) is 0 Å². The maximum absolute atomic E-state index is 8.42. The zero-order chi connectivity index (χ0) is 35.8. The zero-order valence-corrected chi connectivity index (χ0v) is 18.0. The molecule has 242 valence electrons. The molecule has 41 heavy (non-hydrogen) atoms. The van der Waals surface area contributed by atoms with E-state index < -0.39 is 73.2 Å². The second-order valence-corrected chi connectivity index (χ2v) is 2.89. The Morgan fingerprint density at radius 3 is 0.146 bits per heavy atom. The van der Waals surface area contributed by atoms with Crippen LogP contribution in [0.3, 0.4) is 0 Å². The predicted octanol–water partition coefficient (Wildman–Crippen LogP) is -39.0. The van der Waals surface area contributed by atoms with Gasteiger partial charge in [-0.2, -0.15) is 0 Å². The van der Waals surface area contributed by atoms with Crippen molar-refractivity contribution in [2.45, 2.75) is 0 Å². The van der Waals surface area contributed by atoms with E-state index in [0.29, 0.717) is 0 Å². The van der Waals surface area contributed by atoms with Crippen LogP contribution in [0.2, 0.25) is 0 Å². The quantitative estimate of drug-likeness (QED) is 0.226. The van der Waals surface area contributed by atoms with E-state index in [2.05, 4.69) is 0 Å². The van der Waals surface area contributed by atoms with Gasteiger partial charge in [-0.15, -0.1) is 0 Å². The molecule has 0 unspecified atom stereocenters. The van der Waals surface area contributed by atoms with Gasteiger partial charge in [0.15, 0.2) is 0 Å². The summed E-state index contributed by atoms with van der Waals surface area (Å²) in [6, 6.07) is 0. The van der Waals surface area contributed by atoms with Crippen LogP contribution in [0.5, 0.6) is 0 Å². The number of rotatable bonds is 0. The fraction of sp³-hybridized carbons (Fsp3) is 0. The van der Waals surface area contributed by atoms with Crippen molar-refractivity contribution in [1.29, 1.82) is 0 Å². The van der Waals surface area contributed by atoms with E-state index in [1.807, 2.05) is 0 Å². The van der Waals surface area contributed by atoms with E-state index in [1.54, 1.807) is 0 Å². The van der Waals surface area contributed by atoms with Gasteiger partial charge in [-0.25, -0.2) is 0 Å². The Kier molecular flexibility index (Phi) is 121. The average Bonchev–Trinajstić information content (AvgIpc) is 2.47. The number of hydrogen-bond donors (Lipinski definition) is 0. The largest absolute Gasteiger partial charge is 0.907 e. The summed E-state index contributed by atoms with van der Waals surface area (Å²) in [6.45, 7) is 0. The molecule has 0 N–H and O–H groups in total. The maximum Gasteiger partial charge on any atom is -0.278 e. The summed E-state index contributed by atoms with van der Waals surface area (Å²) in [6.07, 6.45) is 0. The molecule has 0 radical (unpaired) electrons. The summed E-state index contributed by atoms with van der Waals surface area (Å²) in [4.78, 5) is 0. The van der Waals surface area contributed by atoms with Gasteiger partial charge < -0.3 is 151 Å². The summed E-state index contributed by atoms with van der Waals surface area (Å²) in [5.74, 6) is 0. The molecular weight excluding hydrogens is 611 g/mol. The molecule has 0 aromatic carbocycles. The topological polar surface area (TPSA) is 692 Å². The first-order valence-electron chi connectivity index (χ1n) is 7.07. The Balaban J connectivity index is -0.0000000101. The Bertz CT molecular complexity index is 223. The molecule has 0 aliphatic carbocycles. The van der Waals surface area contributed by atoms with E-state index in [1.165, 1.54) is 0 Å². The smallest absolute Gasteiger partial charge is 0.278 e. The van der Waals surface area contributed by atoms with Crippen LogP contribution in [0.25, 0.3) is 0 Å². The normalized spacial score (nSPS) is 6.59. The van der Waals surface area contributed by atoms with Crippen LogP contribution < -0.4 is 151 Å². The van der Waals surface area contributed by atoms with Crippen LogP contribution in [-0.4, -0.2) is 103 Å². The molecule has 0 saturated heterocycles. The molecule has 0 aromatic heterocycles. The fourth-order valence-corrected chi connectivity index (χ4v) is 0. The van der Waals surface area contributed by atoms with Crippen molar-refractivity contribution in [3.8, 4) is 0 Å². The van der Waals surface area contributed by atoms with Gasteiger partial charge in [0.25, 0.3) is 0 Å². The van der Waals surface area contributed by atoms with Gasteiger partial charge in [-0.1, -0.05) is 0 Å². The summed E-state index contributed by atoms with van der Waals surface area (Å²) < 4.78 is 0. The number of hydrogen-bond acceptors (Lipinski definition) is 30. The van der Waals surface area contributed by atoms with Gasteiger partial charge in [0.05, 0.1) is 0 Å². The monoisotopic (exact) mass is 624 g/mol. The standard InChI is InChI=1S/10BO3.Na.H/c10*2-1(3)4;;/q10*-3;;/p+10. The van der Waals surface area contributed by atoms with Gasteiger partial charge in [0.1, 0.15) is 0 Å². The van der Waals surface area contributed by atoms with Gasteiger partial charge in [-0.3, -0.25) is 73.2 Å². The first-order valence-corrected chi connectivity index (χ1v) is 7.07. The summed E-state index contributed by atoms with van der Waals surface area (Å²) in [7, 11) is -29.2. The van der Waals surface area contributed by atoms with Crippen LogP contribution in [0, 0.1) is 0 Å². The van der Waals surface area contributed by atoms with Crippen LogP contribution >= 0.6 is 0 Å². The molecule has 0 spiro atoms. The van der Waals surface area contributed by atoms with Crippen LogP contribution in [0.4, 0.5) is 0 Å². The van der Waals surface area contributed by atoms with Crippen LogP contribution in [-0.2, 0) is 0 Å². The molecule has 0 fully saturated rings. The van der Waals surface area contributed by atoms with E-state index >= 15 is 0 Å². The average molecular weight is 622 g/mol. The first kappa shape index (κ1) is 73.1. The molecule has 0 heterocycles. The van der Waals surface area contributed by atoms with Crippen molar-refractivity contribution in [2.24, 2.45) is 0 Å². The van der Waals surface area contributed by atoms with Crippen molar-refractivity contribution >= 4 is 103 Å². The van der Waals surface area contributed by atoms with Gasteiger partial charge in [0, 0.05) is 0 Å². The zero-order valence-electron chi connectivity index (χ0n) is 28.0. The third-order valence-electron chi connectivity index (χ3n) is 0. The third-order valence-corrected chi connectivity index (χ3v) is 0. The maximum atomic E-state index is 8.42. The Morgan fingerprint density at radius 1 is 0.146 bits per heavy atom. The van der Waals surface area contributed by atoms with Gasteiger partial charge in [0.2, 0.25) is 0 Å². The third kappa shape index (κ3) is 296000. The minimum absolute atomic E-state index is 0. The van der Waals surface area contributed by atoms with Crippen LogP contribution in [0.15, 0.2) is 0 Å². The molecular formula is H11B10NaO30-20. The molecule has 0 aliphatic heterocycles. The predicted molar refractivity (Wildman–Crippen MR) is 75.8 cm³/mol. The Morgan fingerprint density at radius 2 is 0.146 bits per heavy atom. The summed E-state index contributed by atoms with van der Waals surface area (Å²) in [5.41, 5.74) is 0. The molecule has 0 saturated carbocycles. The molecule has 0 rings (SSSR count). The summed E-state index contributed by atoms with van der Waals surface area (Å²) in [5, 5.41) is 252.